The van der Waals surface area contributed by atoms with Gasteiger partial charge >= 0.3 is 0 Å². The van der Waals surface area contributed by atoms with Crippen molar-refractivity contribution in [3.63, 3.8) is 0 Å². The Labute approximate surface area is 246 Å². The number of halogens is 1. The summed E-state index contributed by atoms with van der Waals surface area (Å²) in [7, 11) is 0. The predicted octanol–water partition coefficient (Wildman–Crippen LogP) is 4.28. The first-order chi connectivity index (χ1) is 19.8. The van der Waals surface area contributed by atoms with Gasteiger partial charge in [-0.25, -0.2) is 4.39 Å². The van der Waals surface area contributed by atoms with Gasteiger partial charge in [0.2, 0.25) is 17.7 Å². The van der Waals surface area contributed by atoms with Crippen molar-refractivity contribution in [3.8, 4) is 0 Å². The fourth-order valence-corrected chi connectivity index (χ4v) is 6.76. The molecule has 2 saturated heterocycles. The standard InChI is InChI=1S/C33H42FN5O3/c1-20(2)39-18-26(22-11-13-23(34)14-12-22)33(31(39)42)15-8-16-38(19-33)29(40)28(37-30(41)32(4,5)35)21(3)25-17-36-27-10-7-6-9-24(25)27/h6-7,9-14,17,20-21,26,28,36H,8,15-16,18-19,35H2,1-5H3,(H,37,41)/t21?,26?,28-,33?/m1/s1. The monoisotopic (exact) mass is 575 g/mol. The van der Waals surface area contributed by atoms with Crippen molar-refractivity contribution >= 4 is 28.6 Å². The summed E-state index contributed by atoms with van der Waals surface area (Å²) in [6.07, 6.45) is 3.16. The molecule has 1 spiro atoms. The Balaban J connectivity index is 1.51. The fraction of sp³-hybridized carbons (Fsp3) is 0.485. The van der Waals surface area contributed by atoms with E-state index in [1.807, 2.05) is 56.1 Å². The van der Waals surface area contributed by atoms with E-state index in [4.69, 9.17) is 5.73 Å². The Morgan fingerprint density at radius 2 is 1.81 bits per heavy atom. The first-order valence-electron chi connectivity index (χ1n) is 14.8. The molecule has 2 aliphatic heterocycles. The van der Waals surface area contributed by atoms with Crippen LogP contribution in [0.5, 0.6) is 0 Å². The van der Waals surface area contributed by atoms with Crippen LogP contribution < -0.4 is 11.1 Å². The molecule has 0 saturated carbocycles. The number of H-pyrrole nitrogens is 1. The number of benzene rings is 2. The molecule has 224 valence electrons. The lowest BCUT2D eigenvalue weighted by atomic mass is 9.69. The summed E-state index contributed by atoms with van der Waals surface area (Å²) in [5, 5.41) is 3.95. The number of piperidine rings is 1. The van der Waals surface area contributed by atoms with Crippen LogP contribution in [0.15, 0.2) is 54.7 Å². The highest BCUT2D eigenvalue weighted by Gasteiger charge is 2.57. The van der Waals surface area contributed by atoms with Gasteiger partial charge in [-0.2, -0.15) is 0 Å². The number of fused-ring (bicyclic) bond motifs is 1. The third kappa shape index (κ3) is 5.30. The highest BCUT2D eigenvalue weighted by atomic mass is 19.1. The van der Waals surface area contributed by atoms with Crippen molar-refractivity contribution in [1.29, 1.82) is 0 Å². The summed E-state index contributed by atoms with van der Waals surface area (Å²) in [4.78, 5) is 48.7. The van der Waals surface area contributed by atoms with Gasteiger partial charge < -0.3 is 25.8 Å². The molecule has 2 aromatic carbocycles. The number of amides is 3. The van der Waals surface area contributed by atoms with Gasteiger partial charge in [0.05, 0.1) is 11.0 Å². The third-order valence-corrected chi connectivity index (χ3v) is 9.21. The van der Waals surface area contributed by atoms with Crippen molar-refractivity contribution in [2.24, 2.45) is 11.1 Å². The molecular formula is C33H42FN5O3. The normalized spacial score (nSPS) is 22.7. The van der Waals surface area contributed by atoms with E-state index in [-0.39, 0.29) is 42.1 Å². The minimum absolute atomic E-state index is 0.00776. The van der Waals surface area contributed by atoms with E-state index in [1.54, 1.807) is 30.9 Å². The van der Waals surface area contributed by atoms with E-state index < -0.39 is 22.9 Å². The van der Waals surface area contributed by atoms with Crippen molar-refractivity contribution in [3.05, 3.63) is 71.7 Å². The number of nitrogens with zero attached hydrogens (tertiary/aromatic N) is 2. The lowest BCUT2D eigenvalue weighted by molar-refractivity contribution is -0.147. The van der Waals surface area contributed by atoms with E-state index in [1.165, 1.54) is 12.1 Å². The molecule has 3 unspecified atom stereocenters. The molecule has 4 atom stereocenters. The minimum Gasteiger partial charge on any atom is -0.361 e. The fourth-order valence-electron chi connectivity index (χ4n) is 6.76. The second-order valence-electron chi connectivity index (χ2n) is 12.9. The number of hydrogen-bond acceptors (Lipinski definition) is 4. The molecule has 9 heteroatoms. The zero-order valence-corrected chi connectivity index (χ0v) is 25.1. The van der Waals surface area contributed by atoms with E-state index in [2.05, 4.69) is 10.3 Å². The zero-order chi connectivity index (χ0) is 30.4. The lowest BCUT2D eigenvalue weighted by Crippen LogP contribution is -2.60. The quantitative estimate of drug-likeness (QED) is 0.391. The zero-order valence-electron chi connectivity index (χ0n) is 25.1. The number of nitrogens with two attached hydrogens (primary N) is 1. The topological polar surface area (TPSA) is 112 Å². The summed E-state index contributed by atoms with van der Waals surface area (Å²) < 4.78 is 13.8. The van der Waals surface area contributed by atoms with Gasteiger partial charge in [0.1, 0.15) is 11.9 Å². The minimum atomic E-state index is -1.19. The first-order valence-corrected chi connectivity index (χ1v) is 14.8. The van der Waals surface area contributed by atoms with Crippen LogP contribution in [-0.2, 0) is 14.4 Å². The molecule has 1 aromatic heterocycles. The Bertz CT molecular complexity index is 1480. The molecule has 2 fully saturated rings. The molecule has 2 aliphatic rings. The smallest absolute Gasteiger partial charge is 0.245 e. The second kappa shape index (κ2) is 11.2. The largest absolute Gasteiger partial charge is 0.361 e. The summed E-state index contributed by atoms with van der Waals surface area (Å²) in [6.45, 7) is 10.4. The molecule has 4 N–H and O–H groups in total. The number of aromatic amines is 1. The summed E-state index contributed by atoms with van der Waals surface area (Å²) in [5.74, 6) is -1.53. The number of aromatic nitrogens is 1. The number of para-hydroxylation sites is 1. The second-order valence-corrected chi connectivity index (χ2v) is 12.9. The van der Waals surface area contributed by atoms with Gasteiger partial charge in [0.15, 0.2) is 0 Å². The van der Waals surface area contributed by atoms with Crippen LogP contribution in [0.3, 0.4) is 0 Å². The average molecular weight is 576 g/mol. The summed E-state index contributed by atoms with van der Waals surface area (Å²) in [6, 6.07) is 13.3. The van der Waals surface area contributed by atoms with Crippen LogP contribution in [0.4, 0.5) is 4.39 Å². The summed E-state index contributed by atoms with van der Waals surface area (Å²) >= 11 is 0. The Hall–Kier alpha value is -3.72. The highest BCUT2D eigenvalue weighted by Crippen LogP contribution is 2.50. The maximum Gasteiger partial charge on any atom is 0.245 e. The van der Waals surface area contributed by atoms with Gasteiger partial charge in [-0.3, -0.25) is 14.4 Å². The number of likely N-dealkylation sites (tertiary alicyclic amines) is 2. The molecule has 3 aromatic rings. The SMILES string of the molecule is CC(c1c[nH]c2ccccc12)[C@@H](NC(=O)C(C)(C)N)C(=O)N1CCCC2(C1)C(=O)N(C(C)C)CC2c1ccc(F)cc1. The van der Waals surface area contributed by atoms with E-state index in [9.17, 15) is 18.8 Å². The number of nitrogens with one attached hydrogen (secondary N) is 2. The molecule has 0 radical (unpaired) electrons. The van der Waals surface area contributed by atoms with Crippen LogP contribution in [0.1, 0.15) is 70.4 Å². The van der Waals surface area contributed by atoms with Crippen molar-refractivity contribution in [2.45, 2.75) is 76.9 Å². The first kappa shape index (κ1) is 29.8. The summed E-state index contributed by atoms with van der Waals surface area (Å²) in [5.41, 5.74) is 6.88. The van der Waals surface area contributed by atoms with Crippen molar-refractivity contribution in [2.75, 3.05) is 19.6 Å². The third-order valence-electron chi connectivity index (χ3n) is 9.21. The van der Waals surface area contributed by atoms with Crippen molar-refractivity contribution < 1.29 is 18.8 Å². The molecule has 5 rings (SSSR count). The Morgan fingerprint density at radius 3 is 2.48 bits per heavy atom. The number of carbonyl (C=O) groups is 3. The molecule has 0 bridgehead atoms. The van der Waals surface area contributed by atoms with Gasteiger partial charge in [0.25, 0.3) is 0 Å². The Morgan fingerprint density at radius 1 is 1.12 bits per heavy atom. The molecule has 3 heterocycles. The van der Waals surface area contributed by atoms with Gasteiger partial charge in [-0.05, 0) is 69.9 Å². The molecule has 8 nitrogen and oxygen atoms in total. The molecular weight excluding hydrogens is 533 g/mol. The maximum absolute atomic E-state index is 14.5. The molecule has 3 amide bonds. The van der Waals surface area contributed by atoms with Gasteiger partial charge in [0, 0.05) is 54.6 Å². The average Bonchev–Trinajstić information content (AvgIpc) is 3.50. The van der Waals surface area contributed by atoms with Crippen LogP contribution in [-0.4, -0.2) is 69.8 Å². The lowest BCUT2D eigenvalue weighted by Gasteiger charge is -2.44. The predicted molar refractivity (Wildman–Crippen MR) is 161 cm³/mol. The van der Waals surface area contributed by atoms with Crippen LogP contribution >= 0.6 is 0 Å². The molecule has 0 aliphatic carbocycles. The Kier molecular flexibility index (Phi) is 7.91. The number of rotatable bonds is 7. The van der Waals surface area contributed by atoms with Crippen LogP contribution in [0.2, 0.25) is 0 Å². The van der Waals surface area contributed by atoms with Gasteiger partial charge in [-0.1, -0.05) is 37.3 Å². The van der Waals surface area contributed by atoms with E-state index in [0.717, 1.165) is 22.0 Å². The van der Waals surface area contributed by atoms with Crippen molar-refractivity contribution in [1.82, 2.24) is 20.1 Å². The number of hydrogen-bond donors (Lipinski definition) is 3. The maximum atomic E-state index is 14.5. The van der Waals surface area contributed by atoms with Crippen LogP contribution in [0.25, 0.3) is 10.9 Å². The van der Waals surface area contributed by atoms with E-state index >= 15 is 0 Å². The highest BCUT2D eigenvalue weighted by molar-refractivity contribution is 5.94. The van der Waals surface area contributed by atoms with E-state index in [0.29, 0.717) is 25.9 Å². The van der Waals surface area contributed by atoms with Gasteiger partial charge in [-0.15, -0.1) is 0 Å². The molecule has 42 heavy (non-hydrogen) atoms. The number of carbonyl (C=O) groups excluding carboxylic acids is 3. The van der Waals surface area contributed by atoms with Crippen LogP contribution in [0, 0.1) is 11.2 Å².